The second-order valence-corrected chi connectivity index (χ2v) is 9.48. The van der Waals surface area contributed by atoms with E-state index in [4.69, 9.17) is 11.6 Å². The number of hydrogen-bond acceptors (Lipinski definition) is 4. The molecule has 0 radical (unpaired) electrons. The van der Waals surface area contributed by atoms with Gasteiger partial charge in [0.05, 0.1) is 16.2 Å². The number of carbonyl (C=O) groups is 1. The predicted octanol–water partition coefficient (Wildman–Crippen LogP) is 5.12. The van der Waals surface area contributed by atoms with Crippen molar-refractivity contribution < 1.29 is 4.79 Å². The van der Waals surface area contributed by atoms with Gasteiger partial charge in [0.1, 0.15) is 0 Å². The third-order valence-electron chi connectivity index (χ3n) is 5.13. The Bertz CT molecular complexity index is 984. The van der Waals surface area contributed by atoms with Crippen molar-refractivity contribution in [3.05, 3.63) is 45.2 Å². The van der Waals surface area contributed by atoms with E-state index < -0.39 is 0 Å². The van der Waals surface area contributed by atoms with E-state index in [1.54, 1.807) is 22.8 Å². The monoisotopic (exact) mass is 433 g/mol. The van der Waals surface area contributed by atoms with Gasteiger partial charge >= 0.3 is 0 Å². The Hall–Kier alpha value is -1.79. The Morgan fingerprint density at radius 2 is 2.10 bits per heavy atom. The van der Waals surface area contributed by atoms with E-state index in [-0.39, 0.29) is 22.8 Å². The van der Waals surface area contributed by atoms with E-state index in [1.165, 1.54) is 30.2 Å². The fourth-order valence-electron chi connectivity index (χ4n) is 3.52. The lowest BCUT2D eigenvalue weighted by Crippen LogP contribution is -2.33. The molecule has 1 unspecified atom stereocenters. The van der Waals surface area contributed by atoms with Crippen LogP contribution in [0.4, 0.5) is 0 Å². The summed E-state index contributed by atoms with van der Waals surface area (Å²) in [6.07, 6.45) is 8.03. The highest BCUT2D eigenvalue weighted by Gasteiger charge is 2.20. The molecule has 29 heavy (non-hydrogen) atoms. The zero-order valence-electron chi connectivity index (χ0n) is 17.2. The average Bonchev–Trinajstić information content (AvgIpc) is 2.68. The number of allylic oxidation sites excluding steroid dienone is 1. The summed E-state index contributed by atoms with van der Waals surface area (Å²) in [7, 11) is 0. The zero-order valence-corrected chi connectivity index (χ0v) is 18.8. The molecule has 1 heterocycles. The fourth-order valence-corrected chi connectivity index (χ4v) is 4.75. The minimum Gasteiger partial charge on any atom is -0.355 e. The Balaban J connectivity index is 1.73. The minimum absolute atomic E-state index is 0.0397. The van der Waals surface area contributed by atoms with Crippen molar-refractivity contribution in [3.8, 4) is 0 Å². The smallest absolute Gasteiger partial charge is 0.262 e. The highest BCUT2D eigenvalue weighted by molar-refractivity contribution is 8.00. The van der Waals surface area contributed by atoms with Crippen LogP contribution in [-0.4, -0.2) is 27.3 Å². The van der Waals surface area contributed by atoms with Gasteiger partial charge in [-0.25, -0.2) is 4.98 Å². The number of nitrogens with one attached hydrogen (secondary N) is 1. The van der Waals surface area contributed by atoms with E-state index in [9.17, 15) is 9.59 Å². The van der Waals surface area contributed by atoms with Crippen molar-refractivity contribution in [1.29, 1.82) is 0 Å². The van der Waals surface area contributed by atoms with Gasteiger partial charge in [-0.15, -0.1) is 0 Å². The predicted molar refractivity (Wildman–Crippen MR) is 121 cm³/mol. The normalized spacial score (nSPS) is 15.4. The molecular weight excluding hydrogens is 406 g/mol. The quantitative estimate of drug-likeness (QED) is 0.374. The van der Waals surface area contributed by atoms with Gasteiger partial charge in [0.25, 0.3) is 5.56 Å². The van der Waals surface area contributed by atoms with Gasteiger partial charge < -0.3 is 5.32 Å². The topological polar surface area (TPSA) is 64.0 Å². The molecule has 156 valence electrons. The van der Waals surface area contributed by atoms with Crippen LogP contribution in [0.1, 0.15) is 58.9 Å². The largest absolute Gasteiger partial charge is 0.355 e. The molecule has 1 atom stereocenters. The number of thioether (sulfide) groups is 1. The number of fused-ring (bicyclic) bond motifs is 1. The number of halogens is 1. The van der Waals surface area contributed by atoms with Crippen molar-refractivity contribution in [1.82, 2.24) is 14.9 Å². The van der Waals surface area contributed by atoms with Gasteiger partial charge in [-0.1, -0.05) is 35.0 Å². The first kappa shape index (κ1) is 21.9. The number of nitrogens with zero attached hydrogens (tertiary/aromatic N) is 2. The third kappa shape index (κ3) is 5.43. The summed E-state index contributed by atoms with van der Waals surface area (Å²) in [4.78, 5) is 30.2. The Morgan fingerprint density at radius 3 is 2.79 bits per heavy atom. The summed E-state index contributed by atoms with van der Waals surface area (Å²) in [6, 6.07) is 5.03. The maximum atomic E-state index is 13.0. The van der Waals surface area contributed by atoms with Gasteiger partial charge in [0.15, 0.2) is 5.16 Å². The first-order chi connectivity index (χ1) is 13.9. The lowest BCUT2D eigenvalue weighted by atomic mass is 9.97. The number of hydrogen-bond donors (Lipinski definition) is 1. The highest BCUT2D eigenvalue weighted by Crippen LogP contribution is 2.26. The summed E-state index contributed by atoms with van der Waals surface area (Å²) < 4.78 is 1.65. The minimum atomic E-state index is -0.358. The maximum absolute atomic E-state index is 13.0. The Labute approximate surface area is 180 Å². The van der Waals surface area contributed by atoms with Gasteiger partial charge in [0.2, 0.25) is 5.91 Å². The average molecular weight is 434 g/mol. The number of aromatic nitrogens is 2. The van der Waals surface area contributed by atoms with Crippen LogP contribution in [0.3, 0.4) is 0 Å². The van der Waals surface area contributed by atoms with Crippen LogP contribution in [0.25, 0.3) is 10.9 Å². The SMILES string of the molecule is CC(Sc1nc2cc(Cl)ccc2c(=O)n1C(C)C)C(=O)NCCC1=CCCCC1. The molecule has 0 bridgehead atoms. The van der Waals surface area contributed by atoms with Crippen molar-refractivity contribution in [2.24, 2.45) is 0 Å². The van der Waals surface area contributed by atoms with Crippen LogP contribution in [0.15, 0.2) is 39.8 Å². The molecule has 1 amide bonds. The molecule has 1 N–H and O–H groups in total. The molecule has 0 spiro atoms. The molecule has 0 aliphatic heterocycles. The van der Waals surface area contributed by atoms with Crippen LogP contribution < -0.4 is 10.9 Å². The van der Waals surface area contributed by atoms with E-state index >= 15 is 0 Å². The maximum Gasteiger partial charge on any atom is 0.262 e. The van der Waals surface area contributed by atoms with E-state index in [1.807, 2.05) is 20.8 Å². The molecular formula is C22H28ClN3O2S. The first-order valence-corrected chi connectivity index (χ1v) is 11.5. The summed E-state index contributed by atoms with van der Waals surface area (Å²) in [5, 5.41) is 4.27. The molecule has 1 aliphatic rings. The Kier molecular flexibility index (Phi) is 7.41. The van der Waals surface area contributed by atoms with Crippen LogP contribution in [0.5, 0.6) is 0 Å². The molecule has 0 fully saturated rings. The second kappa shape index (κ2) is 9.81. The molecule has 3 rings (SSSR count). The van der Waals surface area contributed by atoms with E-state index in [0.717, 1.165) is 19.3 Å². The standard InChI is InChI=1S/C22H28ClN3O2S/c1-14(2)26-21(28)18-10-9-17(23)13-19(18)25-22(26)29-15(3)20(27)24-12-11-16-7-5-4-6-8-16/h7,9-10,13-15H,4-6,8,11-12H2,1-3H3,(H,24,27). The summed E-state index contributed by atoms with van der Waals surface area (Å²) in [6.45, 7) is 6.38. The van der Waals surface area contributed by atoms with Gasteiger partial charge in [-0.2, -0.15) is 0 Å². The number of benzene rings is 1. The first-order valence-electron chi connectivity index (χ1n) is 10.2. The van der Waals surface area contributed by atoms with Crippen LogP contribution in [0.2, 0.25) is 5.02 Å². The number of amides is 1. The van der Waals surface area contributed by atoms with Gasteiger partial charge in [-0.05, 0) is 71.1 Å². The summed E-state index contributed by atoms with van der Waals surface area (Å²) >= 11 is 7.39. The lowest BCUT2D eigenvalue weighted by Gasteiger charge is -2.19. The number of carbonyl (C=O) groups excluding carboxylic acids is 1. The van der Waals surface area contributed by atoms with E-state index in [2.05, 4.69) is 16.4 Å². The number of rotatable bonds is 7. The van der Waals surface area contributed by atoms with Crippen LogP contribution >= 0.6 is 23.4 Å². The van der Waals surface area contributed by atoms with Gasteiger partial charge in [0, 0.05) is 17.6 Å². The molecule has 2 aromatic rings. The molecule has 1 aromatic heterocycles. The van der Waals surface area contributed by atoms with Crippen LogP contribution in [-0.2, 0) is 4.79 Å². The molecule has 5 nitrogen and oxygen atoms in total. The molecule has 7 heteroatoms. The zero-order chi connectivity index (χ0) is 21.0. The lowest BCUT2D eigenvalue weighted by molar-refractivity contribution is -0.120. The van der Waals surface area contributed by atoms with E-state index in [0.29, 0.717) is 27.6 Å². The molecule has 1 aliphatic carbocycles. The third-order valence-corrected chi connectivity index (χ3v) is 6.43. The van der Waals surface area contributed by atoms with Gasteiger partial charge in [-0.3, -0.25) is 14.2 Å². The summed E-state index contributed by atoms with van der Waals surface area (Å²) in [5.41, 5.74) is 1.89. The van der Waals surface area contributed by atoms with Crippen molar-refractivity contribution in [3.63, 3.8) is 0 Å². The fraction of sp³-hybridized carbons (Fsp3) is 0.500. The van der Waals surface area contributed by atoms with Crippen molar-refractivity contribution in [2.45, 2.75) is 69.3 Å². The van der Waals surface area contributed by atoms with Crippen molar-refractivity contribution >= 4 is 40.2 Å². The molecule has 1 aromatic carbocycles. The van der Waals surface area contributed by atoms with Crippen LogP contribution in [0, 0.1) is 0 Å². The highest BCUT2D eigenvalue weighted by atomic mass is 35.5. The summed E-state index contributed by atoms with van der Waals surface area (Å²) in [5.74, 6) is -0.0397. The molecule has 0 saturated carbocycles. The Morgan fingerprint density at radius 1 is 1.31 bits per heavy atom. The molecule has 0 saturated heterocycles. The van der Waals surface area contributed by atoms with Crippen molar-refractivity contribution in [2.75, 3.05) is 6.54 Å². The second-order valence-electron chi connectivity index (χ2n) is 7.73.